The second-order valence-corrected chi connectivity index (χ2v) is 2.25. The Labute approximate surface area is 103 Å². The van der Waals surface area contributed by atoms with E-state index in [-0.39, 0.29) is 45.3 Å². The van der Waals surface area contributed by atoms with Crippen LogP contribution >= 0.6 is 0 Å². The van der Waals surface area contributed by atoms with Crippen LogP contribution in [0.15, 0.2) is 24.3 Å². The summed E-state index contributed by atoms with van der Waals surface area (Å²) in [6.07, 6.45) is 0. The minimum Gasteiger partial charge on any atom is -0.348 e. The number of anilines is 1. The summed E-state index contributed by atoms with van der Waals surface area (Å²) in [4.78, 5) is 12.2. The molecule has 0 aromatic heterocycles. The number of nitrogens with zero attached hydrogens (tertiary/aromatic N) is 1. The Bertz CT molecular complexity index is 264. The molecule has 3 nitrogen and oxygen atoms in total. The predicted molar refractivity (Wildman–Crippen MR) is 47.2 cm³/mol. The molecule has 0 fully saturated rings. The Balaban J connectivity index is 0.00000144. The number of para-hydroxylation sites is 1. The zero-order valence-corrected chi connectivity index (χ0v) is 10.1. The molecule has 13 heavy (non-hydrogen) atoms. The molecule has 1 aromatic rings. The summed E-state index contributed by atoms with van der Waals surface area (Å²) in [6.45, 7) is 3.40. The van der Waals surface area contributed by atoms with Crippen LogP contribution in [0.1, 0.15) is 0 Å². The first-order valence-corrected chi connectivity index (χ1v) is 3.56. The van der Waals surface area contributed by atoms with E-state index in [1.165, 1.54) is 4.90 Å². The summed E-state index contributed by atoms with van der Waals surface area (Å²) in [7, 11) is 0. The SMILES string of the molecule is [CH2-]C(=O)N(CN)c1[c-]cccc1.[Y]. The van der Waals surface area contributed by atoms with Crippen LogP contribution in [-0.2, 0) is 37.5 Å². The van der Waals surface area contributed by atoms with Gasteiger partial charge in [-0.15, -0.1) is 6.07 Å². The van der Waals surface area contributed by atoms with Gasteiger partial charge in [-0.2, -0.15) is 24.3 Å². The second kappa shape index (κ2) is 6.13. The van der Waals surface area contributed by atoms with Crippen molar-refractivity contribution in [2.24, 2.45) is 5.73 Å². The first-order chi connectivity index (χ1) is 5.75. The minimum absolute atomic E-state index is 0. The van der Waals surface area contributed by atoms with E-state index in [0.717, 1.165) is 0 Å². The Morgan fingerprint density at radius 1 is 1.62 bits per heavy atom. The molecule has 1 amide bonds. The van der Waals surface area contributed by atoms with Gasteiger partial charge in [0.2, 0.25) is 0 Å². The average molecular weight is 251 g/mol. The number of carbonyl (C=O) groups excluding carboxylic acids is 1. The van der Waals surface area contributed by atoms with Gasteiger partial charge in [-0.05, 0) is 0 Å². The molecule has 0 heterocycles. The Kier molecular flexibility index (Phi) is 5.96. The third-order valence-corrected chi connectivity index (χ3v) is 1.47. The van der Waals surface area contributed by atoms with Gasteiger partial charge in [0, 0.05) is 32.7 Å². The van der Waals surface area contributed by atoms with E-state index in [1.54, 1.807) is 12.1 Å². The quantitative estimate of drug-likeness (QED) is 0.617. The number of hydrogen-bond donors (Lipinski definition) is 1. The molecule has 1 radical (unpaired) electrons. The third-order valence-electron chi connectivity index (χ3n) is 1.47. The van der Waals surface area contributed by atoms with E-state index in [0.29, 0.717) is 5.69 Å². The van der Waals surface area contributed by atoms with Crippen molar-refractivity contribution in [2.45, 2.75) is 0 Å². The van der Waals surface area contributed by atoms with Crippen LogP contribution < -0.4 is 10.6 Å². The molecule has 0 aliphatic rings. The third kappa shape index (κ3) is 3.47. The van der Waals surface area contributed by atoms with Crippen molar-refractivity contribution in [1.82, 2.24) is 0 Å². The van der Waals surface area contributed by atoms with Crippen LogP contribution in [0.3, 0.4) is 0 Å². The van der Waals surface area contributed by atoms with Crippen LogP contribution in [0.2, 0.25) is 0 Å². The fourth-order valence-corrected chi connectivity index (χ4v) is 0.886. The van der Waals surface area contributed by atoms with Crippen molar-refractivity contribution < 1.29 is 37.5 Å². The number of carbonyl (C=O) groups is 1. The number of amides is 1. The molecule has 67 valence electrons. The van der Waals surface area contributed by atoms with Crippen molar-refractivity contribution >= 4 is 11.6 Å². The Morgan fingerprint density at radius 3 is 2.69 bits per heavy atom. The predicted octanol–water partition coefficient (Wildman–Crippen LogP) is 0.568. The summed E-state index contributed by atoms with van der Waals surface area (Å²) in [6, 6.07) is 10.0. The smallest absolute Gasteiger partial charge is 0.0860 e. The van der Waals surface area contributed by atoms with Gasteiger partial charge < -0.3 is 22.4 Å². The molecule has 0 saturated carbocycles. The first kappa shape index (κ1) is 12.6. The van der Waals surface area contributed by atoms with Gasteiger partial charge in [-0.25, -0.2) is 0 Å². The van der Waals surface area contributed by atoms with Crippen molar-refractivity contribution in [3.8, 4) is 0 Å². The van der Waals surface area contributed by atoms with E-state index < -0.39 is 0 Å². The molecule has 0 bridgehead atoms. The van der Waals surface area contributed by atoms with Gasteiger partial charge in [0.15, 0.2) is 0 Å². The van der Waals surface area contributed by atoms with Crippen LogP contribution in [0.25, 0.3) is 0 Å². The molecule has 0 aliphatic carbocycles. The summed E-state index contributed by atoms with van der Waals surface area (Å²) < 4.78 is 0. The number of hydrogen-bond acceptors (Lipinski definition) is 2. The fourth-order valence-electron chi connectivity index (χ4n) is 0.886. The topological polar surface area (TPSA) is 46.3 Å². The van der Waals surface area contributed by atoms with Crippen molar-refractivity contribution in [1.29, 1.82) is 0 Å². The number of benzene rings is 1. The van der Waals surface area contributed by atoms with Crippen LogP contribution in [0, 0.1) is 13.0 Å². The molecule has 4 heteroatoms. The fraction of sp³-hybridized carbons (Fsp3) is 0.111. The van der Waals surface area contributed by atoms with Gasteiger partial charge in [0.1, 0.15) is 0 Å². The normalized spacial score (nSPS) is 8.69. The average Bonchev–Trinajstić information content (AvgIpc) is 2.07. The van der Waals surface area contributed by atoms with E-state index in [2.05, 4.69) is 13.0 Å². The van der Waals surface area contributed by atoms with E-state index in [9.17, 15) is 4.79 Å². The molecule has 1 aromatic carbocycles. The zero-order valence-electron chi connectivity index (χ0n) is 7.23. The molecule has 2 N–H and O–H groups in total. The zero-order chi connectivity index (χ0) is 8.97. The van der Waals surface area contributed by atoms with Gasteiger partial charge in [-0.1, -0.05) is 5.69 Å². The van der Waals surface area contributed by atoms with Gasteiger partial charge >= 0.3 is 0 Å². The molecule has 0 spiro atoms. The molecule has 0 aliphatic heterocycles. The number of rotatable bonds is 2. The van der Waals surface area contributed by atoms with Crippen molar-refractivity contribution in [2.75, 3.05) is 11.6 Å². The molecular weight excluding hydrogens is 241 g/mol. The largest absolute Gasteiger partial charge is 0.348 e. The maximum Gasteiger partial charge on any atom is 0.0860 e. The van der Waals surface area contributed by atoms with Crippen LogP contribution in [0.4, 0.5) is 5.69 Å². The van der Waals surface area contributed by atoms with Gasteiger partial charge in [-0.3, -0.25) is 0 Å². The standard InChI is InChI=1S/C9H10N2O.Y/c1-8(12)11(7-10)9-5-3-2-4-6-9;/h2-5H,1,7,10H2;/q-2;. The molecule has 0 saturated heterocycles. The Morgan fingerprint density at radius 2 is 2.31 bits per heavy atom. The number of nitrogens with two attached hydrogens (primary N) is 1. The van der Waals surface area contributed by atoms with Gasteiger partial charge in [0.25, 0.3) is 0 Å². The van der Waals surface area contributed by atoms with Gasteiger partial charge in [0.05, 0.1) is 12.6 Å². The minimum atomic E-state index is -0.319. The molecular formula is C9H10N2OY-2. The summed E-state index contributed by atoms with van der Waals surface area (Å²) in [5, 5.41) is 0. The first-order valence-electron chi connectivity index (χ1n) is 3.56. The summed E-state index contributed by atoms with van der Waals surface area (Å²) >= 11 is 0. The second-order valence-electron chi connectivity index (χ2n) is 2.25. The van der Waals surface area contributed by atoms with Crippen LogP contribution in [-0.4, -0.2) is 12.6 Å². The Hall–Kier alpha value is -0.376. The maximum atomic E-state index is 10.9. The van der Waals surface area contributed by atoms with Crippen molar-refractivity contribution in [3.63, 3.8) is 0 Å². The van der Waals surface area contributed by atoms with E-state index >= 15 is 0 Å². The van der Waals surface area contributed by atoms with E-state index in [4.69, 9.17) is 5.73 Å². The maximum absolute atomic E-state index is 10.9. The van der Waals surface area contributed by atoms with Crippen molar-refractivity contribution in [3.05, 3.63) is 37.3 Å². The molecule has 0 unspecified atom stereocenters. The summed E-state index contributed by atoms with van der Waals surface area (Å²) in [5.74, 6) is -0.319. The van der Waals surface area contributed by atoms with Crippen LogP contribution in [0.5, 0.6) is 0 Å². The van der Waals surface area contributed by atoms with E-state index in [1.807, 2.05) is 12.1 Å². The monoisotopic (exact) mass is 251 g/mol. The summed E-state index contributed by atoms with van der Waals surface area (Å²) in [5.41, 5.74) is 6.00. The molecule has 1 rings (SSSR count). The molecule has 0 atom stereocenters.